The molecule has 3 rings (SSSR count). The number of carbonyl (C=O) groups is 2. The molecule has 0 bridgehead atoms. The predicted octanol–water partition coefficient (Wildman–Crippen LogP) is 3.40. The van der Waals surface area contributed by atoms with E-state index in [1.165, 1.54) is 7.11 Å². The number of rotatable bonds is 9. The fourth-order valence-corrected chi connectivity index (χ4v) is 2.50. The lowest BCUT2D eigenvalue weighted by Crippen LogP contribution is -2.17. The van der Waals surface area contributed by atoms with Crippen LogP contribution in [0.1, 0.15) is 22.1 Å². The van der Waals surface area contributed by atoms with Crippen LogP contribution in [0.25, 0.3) is 0 Å². The van der Waals surface area contributed by atoms with Crippen LogP contribution in [0.4, 0.5) is 16.2 Å². The van der Waals surface area contributed by atoms with E-state index >= 15 is 0 Å². The van der Waals surface area contributed by atoms with Crippen LogP contribution in [0.3, 0.4) is 0 Å². The van der Waals surface area contributed by atoms with E-state index in [9.17, 15) is 9.59 Å². The monoisotopic (exact) mass is 426 g/mol. The minimum Gasteiger partial charge on any atom is -0.485 e. The van der Waals surface area contributed by atoms with E-state index < -0.39 is 6.09 Å². The Morgan fingerprint density at radius 1 is 1.03 bits per heavy atom. The molecule has 0 unspecified atom stereocenters. The number of benzene rings is 2. The summed E-state index contributed by atoms with van der Waals surface area (Å²) in [6.45, 7) is 2.32. The summed E-state index contributed by atoms with van der Waals surface area (Å²) in [6.07, 6.45) is -0.605. The van der Waals surface area contributed by atoms with Gasteiger partial charge in [0.2, 0.25) is 11.7 Å². The summed E-state index contributed by atoms with van der Waals surface area (Å²) in [5.74, 6) is 1.17. The zero-order valence-corrected chi connectivity index (χ0v) is 17.1. The number of aromatic nitrogens is 2. The number of nitrogens with zero attached hydrogens (tertiary/aromatic N) is 2. The average Bonchev–Trinajstić information content (AvgIpc) is 3.18. The summed E-state index contributed by atoms with van der Waals surface area (Å²) >= 11 is 0. The van der Waals surface area contributed by atoms with Gasteiger partial charge in [-0.2, -0.15) is 4.98 Å². The van der Waals surface area contributed by atoms with Gasteiger partial charge in [0.05, 0.1) is 6.61 Å². The third-order valence-electron chi connectivity index (χ3n) is 3.94. The highest BCUT2D eigenvalue weighted by Crippen LogP contribution is 2.18. The highest BCUT2D eigenvalue weighted by atomic mass is 16.6. The molecular weight excluding hydrogens is 404 g/mol. The Labute approximate surface area is 178 Å². The Morgan fingerprint density at radius 2 is 1.77 bits per heavy atom. The molecule has 1 aromatic heterocycles. The van der Waals surface area contributed by atoms with Crippen molar-refractivity contribution in [2.75, 3.05) is 31.0 Å². The number of ether oxygens (including phenoxy) is 3. The first kappa shape index (κ1) is 21.8. The Kier molecular flexibility index (Phi) is 7.55. The SMILES string of the molecule is COCCOC(=O)Nc1cccc(NC(=O)c2ccc(OCc3noc(C)n3)cc2)c1. The fourth-order valence-electron chi connectivity index (χ4n) is 2.50. The number of carbonyl (C=O) groups excluding carboxylic acids is 2. The van der Waals surface area contributed by atoms with Crippen molar-refractivity contribution in [1.29, 1.82) is 0 Å². The molecule has 162 valence electrons. The van der Waals surface area contributed by atoms with Crippen molar-refractivity contribution in [3.8, 4) is 5.75 Å². The van der Waals surface area contributed by atoms with Gasteiger partial charge in [-0.25, -0.2) is 4.79 Å². The Bertz CT molecular complexity index is 1020. The summed E-state index contributed by atoms with van der Waals surface area (Å²) in [5, 5.41) is 9.12. The molecule has 31 heavy (non-hydrogen) atoms. The molecule has 0 atom stereocenters. The smallest absolute Gasteiger partial charge is 0.411 e. The van der Waals surface area contributed by atoms with Crippen LogP contribution in [0.2, 0.25) is 0 Å². The summed E-state index contributed by atoms with van der Waals surface area (Å²) in [5.41, 5.74) is 1.45. The third kappa shape index (κ3) is 6.82. The van der Waals surface area contributed by atoms with Gasteiger partial charge in [0, 0.05) is 31.0 Å². The molecule has 0 aliphatic carbocycles. The van der Waals surface area contributed by atoms with E-state index in [4.69, 9.17) is 18.7 Å². The second-order valence-electron chi connectivity index (χ2n) is 6.33. The molecule has 0 spiro atoms. The van der Waals surface area contributed by atoms with Crippen LogP contribution in [0, 0.1) is 6.92 Å². The lowest BCUT2D eigenvalue weighted by atomic mass is 10.2. The molecule has 2 amide bonds. The van der Waals surface area contributed by atoms with Crippen LogP contribution >= 0.6 is 0 Å². The quantitative estimate of drug-likeness (QED) is 0.499. The molecule has 0 saturated heterocycles. The van der Waals surface area contributed by atoms with Gasteiger partial charge in [0.15, 0.2) is 6.61 Å². The zero-order valence-electron chi connectivity index (χ0n) is 17.1. The first-order valence-corrected chi connectivity index (χ1v) is 9.39. The van der Waals surface area contributed by atoms with E-state index in [-0.39, 0.29) is 19.1 Å². The van der Waals surface area contributed by atoms with Crippen molar-refractivity contribution < 1.29 is 28.3 Å². The van der Waals surface area contributed by atoms with E-state index in [1.807, 2.05) is 0 Å². The Balaban J connectivity index is 1.53. The normalized spacial score (nSPS) is 10.4. The van der Waals surface area contributed by atoms with Gasteiger partial charge in [-0.1, -0.05) is 11.2 Å². The number of anilines is 2. The highest BCUT2D eigenvalue weighted by molar-refractivity contribution is 6.04. The van der Waals surface area contributed by atoms with Crippen LogP contribution in [-0.4, -0.2) is 42.5 Å². The van der Waals surface area contributed by atoms with Crippen molar-refractivity contribution in [2.24, 2.45) is 0 Å². The van der Waals surface area contributed by atoms with Gasteiger partial charge in [0.25, 0.3) is 5.91 Å². The summed E-state index contributed by atoms with van der Waals surface area (Å²) in [4.78, 5) is 28.3. The molecule has 1 heterocycles. The first-order valence-electron chi connectivity index (χ1n) is 9.39. The maximum atomic E-state index is 12.5. The van der Waals surface area contributed by atoms with Gasteiger partial charge in [-0.3, -0.25) is 10.1 Å². The number of nitrogens with one attached hydrogen (secondary N) is 2. The summed E-state index contributed by atoms with van der Waals surface area (Å²) in [6, 6.07) is 13.4. The molecule has 0 radical (unpaired) electrons. The lowest BCUT2D eigenvalue weighted by Gasteiger charge is -2.10. The lowest BCUT2D eigenvalue weighted by molar-refractivity contribution is 0.102. The molecule has 3 aromatic rings. The van der Waals surface area contributed by atoms with Crippen molar-refractivity contribution in [3.63, 3.8) is 0 Å². The highest BCUT2D eigenvalue weighted by Gasteiger charge is 2.09. The Morgan fingerprint density at radius 3 is 2.45 bits per heavy atom. The number of methoxy groups -OCH3 is 1. The predicted molar refractivity (Wildman–Crippen MR) is 111 cm³/mol. The third-order valence-corrected chi connectivity index (χ3v) is 3.94. The number of hydrogen-bond donors (Lipinski definition) is 2. The first-order chi connectivity index (χ1) is 15.0. The maximum Gasteiger partial charge on any atom is 0.411 e. The molecule has 10 nitrogen and oxygen atoms in total. The Hall–Kier alpha value is -3.92. The second-order valence-corrected chi connectivity index (χ2v) is 6.33. The van der Waals surface area contributed by atoms with E-state index in [2.05, 4.69) is 20.8 Å². The molecule has 0 fully saturated rings. The van der Waals surface area contributed by atoms with Crippen LogP contribution < -0.4 is 15.4 Å². The molecular formula is C21H22N4O6. The summed E-state index contributed by atoms with van der Waals surface area (Å²) in [7, 11) is 1.52. The fraction of sp³-hybridized carbons (Fsp3) is 0.238. The number of amides is 2. The van der Waals surface area contributed by atoms with E-state index in [0.29, 0.717) is 41.0 Å². The van der Waals surface area contributed by atoms with Crippen molar-refractivity contribution in [2.45, 2.75) is 13.5 Å². The molecule has 0 saturated carbocycles. The topological polar surface area (TPSA) is 125 Å². The molecule has 10 heteroatoms. The largest absolute Gasteiger partial charge is 0.485 e. The average molecular weight is 426 g/mol. The van der Waals surface area contributed by atoms with Crippen LogP contribution in [-0.2, 0) is 16.1 Å². The van der Waals surface area contributed by atoms with Gasteiger partial charge in [-0.05, 0) is 42.5 Å². The van der Waals surface area contributed by atoms with E-state index in [1.54, 1.807) is 55.5 Å². The second kappa shape index (κ2) is 10.7. The zero-order chi connectivity index (χ0) is 22.1. The minimum atomic E-state index is -0.605. The van der Waals surface area contributed by atoms with E-state index in [0.717, 1.165) is 0 Å². The summed E-state index contributed by atoms with van der Waals surface area (Å²) < 4.78 is 20.2. The molecule has 0 aliphatic rings. The number of hydrogen-bond acceptors (Lipinski definition) is 8. The number of aryl methyl sites for hydroxylation is 1. The van der Waals surface area contributed by atoms with Crippen LogP contribution in [0.5, 0.6) is 5.75 Å². The minimum absolute atomic E-state index is 0.146. The van der Waals surface area contributed by atoms with Gasteiger partial charge < -0.3 is 24.1 Å². The van der Waals surface area contributed by atoms with Gasteiger partial charge >= 0.3 is 6.09 Å². The van der Waals surface area contributed by atoms with Crippen molar-refractivity contribution in [3.05, 3.63) is 65.8 Å². The van der Waals surface area contributed by atoms with Crippen molar-refractivity contribution >= 4 is 23.4 Å². The molecule has 0 aliphatic heterocycles. The maximum absolute atomic E-state index is 12.5. The standard InChI is InChI=1S/C21H22N4O6/c1-14-22-19(25-31-14)13-30-18-8-6-15(7-9-18)20(26)23-16-4-3-5-17(12-16)24-21(27)29-11-10-28-2/h3-9,12H,10-11,13H2,1-2H3,(H,23,26)(H,24,27). The molecule has 2 aromatic carbocycles. The van der Waals surface area contributed by atoms with Gasteiger partial charge in [0.1, 0.15) is 12.4 Å². The molecule has 2 N–H and O–H groups in total. The van der Waals surface area contributed by atoms with Gasteiger partial charge in [-0.15, -0.1) is 0 Å². The van der Waals surface area contributed by atoms with Crippen LogP contribution in [0.15, 0.2) is 53.1 Å². The van der Waals surface area contributed by atoms with Crippen molar-refractivity contribution in [1.82, 2.24) is 10.1 Å².